The smallest absolute Gasteiger partial charge is 0.267 e. The molecule has 2 atom stereocenters. The maximum Gasteiger partial charge on any atom is 0.267 e. The number of hydrogen-bond donors (Lipinski definition) is 0. The zero-order valence-corrected chi connectivity index (χ0v) is 9.00. The second-order valence-corrected chi connectivity index (χ2v) is 6.38. The average Bonchev–Trinajstić information content (AvgIpc) is 2.46. The minimum absolute atomic E-state index is 0.0575. The SMILES string of the molecule is CN1C(=O)C2(C)N=NCC2(C)S1(=O)=O. The lowest BCUT2D eigenvalue weighted by Gasteiger charge is -2.23. The topological polar surface area (TPSA) is 79.2 Å². The van der Waals surface area contributed by atoms with Gasteiger partial charge < -0.3 is 0 Å². The summed E-state index contributed by atoms with van der Waals surface area (Å²) in [7, 11) is -2.35. The van der Waals surface area contributed by atoms with Crippen LogP contribution in [0.4, 0.5) is 0 Å². The van der Waals surface area contributed by atoms with Crippen LogP contribution in [-0.4, -0.2) is 42.5 Å². The van der Waals surface area contributed by atoms with Gasteiger partial charge in [-0.25, -0.2) is 12.7 Å². The van der Waals surface area contributed by atoms with Crippen LogP contribution in [0.15, 0.2) is 10.2 Å². The third-order valence-electron chi connectivity index (χ3n) is 3.31. The number of likely N-dealkylation sites (N-methyl/N-ethyl adjacent to an activating group) is 1. The Hall–Kier alpha value is -0.980. The molecule has 0 saturated carbocycles. The van der Waals surface area contributed by atoms with Gasteiger partial charge >= 0.3 is 0 Å². The molecule has 2 aliphatic rings. The summed E-state index contributed by atoms with van der Waals surface area (Å²) in [6.07, 6.45) is 0. The molecule has 0 aromatic carbocycles. The first-order valence-corrected chi connectivity index (χ1v) is 5.63. The molecule has 1 saturated heterocycles. The third-order valence-corrected chi connectivity index (χ3v) is 5.86. The summed E-state index contributed by atoms with van der Waals surface area (Å²) < 4.78 is 23.4. The van der Waals surface area contributed by atoms with E-state index in [1.807, 2.05) is 0 Å². The first kappa shape index (κ1) is 9.57. The molecule has 0 N–H and O–H groups in total. The van der Waals surface area contributed by atoms with Crippen molar-refractivity contribution in [2.24, 2.45) is 10.2 Å². The van der Waals surface area contributed by atoms with Crippen LogP contribution >= 0.6 is 0 Å². The maximum atomic E-state index is 11.9. The van der Waals surface area contributed by atoms with E-state index in [1.54, 1.807) is 0 Å². The molecule has 1 amide bonds. The summed E-state index contributed by atoms with van der Waals surface area (Å²) in [4.78, 5) is 11.7. The lowest BCUT2D eigenvalue weighted by Crippen LogP contribution is -2.49. The zero-order valence-electron chi connectivity index (χ0n) is 8.18. The molecule has 2 unspecified atom stereocenters. The largest absolute Gasteiger partial charge is 0.271 e. The van der Waals surface area contributed by atoms with Crippen LogP contribution in [0.2, 0.25) is 0 Å². The molecule has 1 fully saturated rings. The number of carbonyl (C=O) groups excluding carboxylic acids is 1. The van der Waals surface area contributed by atoms with Gasteiger partial charge in [0.1, 0.15) is 4.75 Å². The predicted octanol–water partition coefficient (Wildman–Crippen LogP) is -0.229. The van der Waals surface area contributed by atoms with E-state index in [0.717, 1.165) is 4.31 Å². The highest BCUT2D eigenvalue weighted by atomic mass is 32.2. The summed E-state index contributed by atoms with van der Waals surface area (Å²) in [5, 5.41) is 7.47. The summed E-state index contributed by atoms with van der Waals surface area (Å²) in [6, 6.07) is 0. The van der Waals surface area contributed by atoms with E-state index in [2.05, 4.69) is 10.2 Å². The van der Waals surface area contributed by atoms with E-state index in [4.69, 9.17) is 0 Å². The minimum atomic E-state index is -3.61. The lowest BCUT2D eigenvalue weighted by atomic mass is 9.87. The van der Waals surface area contributed by atoms with Crippen molar-refractivity contribution in [1.29, 1.82) is 0 Å². The molecule has 0 aliphatic carbocycles. The lowest BCUT2D eigenvalue weighted by molar-refractivity contribution is -0.129. The monoisotopic (exact) mass is 217 g/mol. The molecule has 0 spiro atoms. The normalized spacial score (nSPS) is 44.5. The van der Waals surface area contributed by atoms with E-state index in [0.29, 0.717) is 0 Å². The molecule has 14 heavy (non-hydrogen) atoms. The molecule has 0 aromatic heterocycles. The fraction of sp³-hybridized carbons (Fsp3) is 0.857. The van der Waals surface area contributed by atoms with Gasteiger partial charge in [-0.2, -0.15) is 10.2 Å². The van der Waals surface area contributed by atoms with Crippen LogP contribution in [0.1, 0.15) is 13.8 Å². The van der Waals surface area contributed by atoms with Gasteiger partial charge in [0.05, 0.1) is 6.54 Å². The molecule has 6 nitrogen and oxygen atoms in total. The van der Waals surface area contributed by atoms with Crippen molar-refractivity contribution in [3.05, 3.63) is 0 Å². The van der Waals surface area contributed by atoms with Crippen molar-refractivity contribution >= 4 is 15.9 Å². The Morgan fingerprint density at radius 1 is 1.43 bits per heavy atom. The Morgan fingerprint density at radius 2 is 2.00 bits per heavy atom. The standard InChI is InChI=1S/C7H11N3O3S/c1-6-4-8-9-7(6,2)5(11)10(3)14(6,12)13/h4H2,1-3H3. The van der Waals surface area contributed by atoms with Crippen LogP contribution in [-0.2, 0) is 14.8 Å². The Kier molecular flexibility index (Phi) is 1.47. The van der Waals surface area contributed by atoms with E-state index in [-0.39, 0.29) is 6.54 Å². The number of sulfonamides is 1. The molecule has 78 valence electrons. The third kappa shape index (κ3) is 0.658. The van der Waals surface area contributed by atoms with Crippen LogP contribution in [0.25, 0.3) is 0 Å². The Bertz CT molecular complexity index is 443. The average molecular weight is 217 g/mol. The van der Waals surface area contributed by atoms with Crippen LogP contribution in [0, 0.1) is 0 Å². The van der Waals surface area contributed by atoms with Gasteiger partial charge in [0.2, 0.25) is 10.0 Å². The first-order valence-electron chi connectivity index (χ1n) is 4.19. The van der Waals surface area contributed by atoms with Gasteiger partial charge in [0.15, 0.2) is 5.54 Å². The molecule has 2 aliphatic heterocycles. The van der Waals surface area contributed by atoms with Gasteiger partial charge in [-0.05, 0) is 13.8 Å². The van der Waals surface area contributed by atoms with Crippen molar-refractivity contribution in [3.8, 4) is 0 Å². The number of hydrogen-bond acceptors (Lipinski definition) is 5. The summed E-state index contributed by atoms with van der Waals surface area (Å²) in [6.45, 7) is 3.10. The van der Waals surface area contributed by atoms with E-state index in [1.165, 1.54) is 20.9 Å². The van der Waals surface area contributed by atoms with E-state index >= 15 is 0 Å². The summed E-state index contributed by atoms with van der Waals surface area (Å²) in [5.74, 6) is -0.499. The van der Waals surface area contributed by atoms with Crippen molar-refractivity contribution in [3.63, 3.8) is 0 Å². The highest BCUT2D eigenvalue weighted by Crippen LogP contribution is 2.46. The molecule has 2 rings (SSSR count). The summed E-state index contributed by atoms with van der Waals surface area (Å²) >= 11 is 0. The van der Waals surface area contributed by atoms with Crippen LogP contribution in [0.5, 0.6) is 0 Å². The number of fused-ring (bicyclic) bond motifs is 1. The predicted molar refractivity (Wildman–Crippen MR) is 48.2 cm³/mol. The van der Waals surface area contributed by atoms with Gasteiger partial charge in [-0.3, -0.25) is 4.79 Å². The minimum Gasteiger partial charge on any atom is -0.271 e. The number of nitrogens with zero attached hydrogens (tertiary/aromatic N) is 3. The number of azo groups is 1. The molecular formula is C7H11N3O3S. The van der Waals surface area contributed by atoms with Gasteiger partial charge in [0.25, 0.3) is 5.91 Å². The molecule has 0 radical (unpaired) electrons. The Balaban J connectivity index is 2.75. The van der Waals surface area contributed by atoms with Crippen LogP contribution < -0.4 is 0 Å². The maximum absolute atomic E-state index is 11.9. The number of amides is 1. The van der Waals surface area contributed by atoms with E-state index < -0.39 is 26.2 Å². The highest BCUT2D eigenvalue weighted by Gasteiger charge is 2.70. The van der Waals surface area contributed by atoms with Gasteiger partial charge in [-0.1, -0.05) is 0 Å². The van der Waals surface area contributed by atoms with Crippen molar-refractivity contribution in [2.45, 2.75) is 24.1 Å². The molecular weight excluding hydrogens is 206 g/mol. The number of carbonyl (C=O) groups is 1. The van der Waals surface area contributed by atoms with Crippen molar-refractivity contribution in [2.75, 3.05) is 13.6 Å². The van der Waals surface area contributed by atoms with Crippen LogP contribution in [0.3, 0.4) is 0 Å². The first-order chi connectivity index (χ1) is 6.27. The highest BCUT2D eigenvalue weighted by molar-refractivity contribution is 7.91. The fourth-order valence-electron chi connectivity index (χ4n) is 1.89. The Labute approximate surface area is 82.0 Å². The van der Waals surface area contributed by atoms with Gasteiger partial charge in [-0.15, -0.1) is 0 Å². The summed E-state index contributed by atoms with van der Waals surface area (Å²) in [5.41, 5.74) is -1.24. The second kappa shape index (κ2) is 2.16. The van der Waals surface area contributed by atoms with Crippen molar-refractivity contribution in [1.82, 2.24) is 4.31 Å². The van der Waals surface area contributed by atoms with Crippen molar-refractivity contribution < 1.29 is 13.2 Å². The Morgan fingerprint density at radius 3 is 2.50 bits per heavy atom. The quantitative estimate of drug-likeness (QED) is 0.562. The second-order valence-electron chi connectivity index (χ2n) is 3.98. The van der Waals surface area contributed by atoms with E-state index in [9.17, 15) is 13.2 Å². The molecule has 0 bridgehead atoms. The molecule has 0 aromatic rings. The van der Waals surface area contributed by atoms with Gasteiger partial charge in [0, 0.05) is 7.05 Å². The zero-order chi connectivity index (χ0) is 10.8. The molecule has 7 heteroatoms. The number of rotatable bonds is 0. The molecule has 2 heterocycles. The fourth-order valence-corrected chi connectivity index (χ4v) is 3.74.